The summed E-state index contributed by atoms with van der Waals surface area (Å²) in [5.41, 5.74) is 3.52. The van der Waals surface area contributed by atoms with Gasteiger partial charge in [0.25, 0.3) is 0 Å². The van der Waals surface area contributed by atoms with Gasteiger partial charge < -0.3 is 9.30 Å². The molecule has 0 saturated carbocycles. The fraction of sp³-hybridized carbons (Fsp3) is 0.562. The lowest BCUT2D eigenvalue weighted by atomic mass is 9.92. The van der Waals surface area contributed by atoms with Crippen LogP contribution in [-0.2, 0) is 10.6 Å². The summed E-state index contributed by atoms with van der Waals surface area (Å²) in [6, 6.07) is 6.83. The number of benzene rings is 1. The second-order valence-corrected chi connectivity index (χ2v) is 5.98. The molecule has 1 fully saturated rings. The molecule has 1 saturated heterocycles. The molecular weight excluding hydrogens is 272 g/mol. The molecule has 3 nitrogen and oxygen atoms in total. The highest BCUT2D eigenvalue weighted by Gasteiger charge is 2.25. The van der Waals surface area contributed by atoms with Gasteiger partial charge in [0, 0.05) is 19.3 Å². The third kappa shape index (κ3) is 2.45. The van der Waals surface area contributed by atoms with E-state index in [0.717, 1.165) is 37.4 Å². The number of hydrogen-bond acceptors (Lipinski definition) is 2. The van der Waals surface area contributed by atoms with Gasteiger partial charge in [0.05, 0.1) is 16.9 Å². The molecule has 1 atom stereocenters. The first-order chi connectivity index (χ1) is 9.70. The topological polar surface area (TPSA) is 27.1 Å². The molecule has 1 aliphatic rings. The van der Waals surface area contributed by atoms with Gasteiger partial charge in [-0.15, -0.1) is 11.6 Å². The molecular formula is C16H21ClN2O. The smallest absolute Gasteiger partial charge is 0.125 e. The van der Waals surface area contributed by atoms with E-state index < -0.39 is 0 Å². The van der Waals surface area contributed by atoms with Gasteiger partial charge in [-0.25, -0.2) is 4.98 Å². The summed E-state index contributed by atoms with van der Waals surface area (Å²) in [6.07, 6.45) is 2.24. The van der Waals surface area contributed by atoms with Gasteiger partial charge in [-0.1, -0.05) is 6.07 Å². The zero-order valence-corrected chi connectivity index (χ0v) is 12.9. The Balaban J connectivity index is 2.05. The van der Waals surface area contributed by atoms with Gasteiger partial charge in [0.2, 0.25) is 0 Å². The molecule has 1 aromatic heterocycles. The third-order valence-electron chi connectivity index (χ3n) is 4.39. The summed E-state index contributed by atoms with van der Waals surface area (Å²) in [5, 5.41) is 0. The van der Waals surface area contributed by atoms with Crippen molar-refractivity contribution < 1.29 is 4.74 Å². The predicted octanol–water partition coefficient (Wildman–Crippen LogP) is 4.07. The van der Waals surface area contributed by atoms with Crippen LogP contribution in [0.1, 0.15) is 37.2 Å². The average Bonchev–Trinajstić information content (AvgIpc) is 2.85. The summed E-state index contributed by atoms with van der Waals surface area (Å²) >= 11 is 6.12. The molecule has 2 heterocycles. The minimum absolute atomic E-state index is 0.416. The van der Waals surface area contributed by atoms with E-state index >= 15 is 0 Å². The Bertz CT molecular complexity index is 602. The van der Waals surface area contributed by atoms with Crippen LogP contribution in [-0.4, -0.2) is 22.8 Å². The second-order valence-electron chi connectivity index (χ2n) is 5.71. The molecule has 1 aromatic carbocycles. The minimum atomic E-state index is 0.416. The number of hydrogen-bond donors (Lipinski definition) is 0. The average molecular weight is 293 g/mol. The molecule has 20 heavy (non-hydrogen) atoms. The van der Waals surface area contributed by atoms with Crippen molar-refractivity contribution in [3.8, 4) is 0 Å². The Hall–Kier alpha value is -1.06. The summed E-state index contributed by atoms with van der Waals surface area (Å²) < 4.78 is 7.82. The molecule has 0 radical (unpaired) electrons. The fourth-order valence-corrected chi connectivity index (χ4v) is 3.40. The predicted molar refractivity (Wildman–Crippen MR) is 82.3 cm³/mol. The Morgan fingerprint density at radius 1 is 1.40 bits per heavy atom. The molecule has 0 aliphatic carbocycles. The van der Waals surface area contributed by atoms with E-state index in [0.29, 0.717) is 17.8 Å². The van der Waals surface area contributed by atoms with Gasteiger partial charge in [-0.2, -0.15) is 0 Å². The van der Waals surface area contributed by atoms with E-state index in [4.69, 9.17) is 16.3 Å². The van der Waals surface area contributed by atoms with Crippen LogP contribution in [0.3, 0.4) is 0 Å². The lowest BCUT2D eigenvalue weighted by Gasteiger charge is -2.30. The molecule has 3 rings (SSSR count). The Morgan fingerprint density at radius 3 is 2.85 bits per heavy atom. The van der Waals surface area contributed by atoms with E-state index in [1.165, 1.54) is 11.1 Å². The number of halogens is 1. The van der Waals surface area contributed by atoms with Gasteiger partial charge in [0.15, 0.2) is 0 Å². The van der Waals surface area contributed by atoms with Crippen molar-refractivity contribution in [2.24, 2.45) is 5.92 Å². The summed E-state index contributed by atoms with van der Waals surface area (Å²) in [7, 11) is 0. The number of fused-ring (bicyclic) bond motifs is 1. The van der Waals surface area contributed by atoms with Crippen LogP contribution < -0.4 is 0 Å². The quantitative estimate of drug-likeness (QED) is 0.797. The largest absolute Gasteiger partial charge is 0.381 e. The van der Waals surface area contributed by atoms with E-state index in [1.807, 2.05) is 0 Å². The van der Waals surface area contributed by atoms with Crippen LogP contribution in [0.5, 0.6) is 0 Å². The van der Waals surface area contributed by atoms with Gasteiger partial charge >= 0.3 is 0 Å². The number of aromatic nitrogens is 2. The number of rotatable bonds is 3. The number of aryl methyl sites for hydroxylation is 1. The maximum Gasteiger partial charge on any atom is 0.125 e. The van der Waals surface area contributed by atoms with Crippen molar-refractivity contribution in [3.63, 3.8) is 0 Å². The van der Waals surface area contributed by atoms with Crippen molar-refractivity contribution in [1.82, 2.24) is 9.55 Å². The highest BCUT2D eigenvalue weighted by Crippen LogP contribution is 2.32. The van der Waals surface area contributed by atoms with Crippen LogP contribution in [0.2, 0.25) is 0 Å². The van der Waals surface area contributed by atoms with Crippen molar-refractivity contribution in [3.05, 3.63) is 29.6 Å². The van der Waals surface area contributed by atoms with Gasteiger partial charge in [0.1, 0.15) is 5.82 Å². The van der Waals surface area contributed by atoms with E-state index in [2.05, 4.69) is 41.6 Å². The number of alkyl halides is 1. The minimum Gasteiger partial charge on any atom is -0.381 e. The first kappa shape index (κ1) is 13.9. The fourth-order valence-electron chi connectivity index (χ4n) is 3.21. The zero-order chi connectivity index (χ0) is 14.1. The monoisotopic (exact) mass is 292 g/mol. The number of imidazole rings is 1. The van der Waals surface area contributed by atoms with Crippen LogP contribution in [0.25, 0.3) is 11.0 Å². The van der Waals surface area contributed by atoms with Crippen LogP contribution in [0.15, 0.2) is 18.2 Å². The first-order valence-electron chi connectivity index (χ1n) is 7.32. The van der Waals surface area contributed by atoms with Crippen LogP contribution in [0.4, 0.5) is 0 Å². The lowest BCUT2D eigenvalue weighted by Crippen LogP contribution is -2.25. The zero-order valence-electron chi connectivity index (χ0n) is 12.1. The van der Waals surface area contributed by atoms with Crippen molar-refractivity contribution >= 4 is 22.6 Å². The Morgan fingerprint density at radius 2 is 2.15 bits per heavy atom. The van der Waals surface area contributed by atoms with Crippen LogP contribution >= 0.6 is 11.6 Å². The van der Waals surface area contributed by atoms with Gasteiger partial charge in [-0.3, -0.25) is 0 Å². The molecule has 0 bridgehead atoms. The normalized spacial score (nSPS) is 18.6. The molecule has 108 valence electrons. The van der Waals surface area contributed by atoms with Crippen LogP contribution in [0, 0.1) is 12.8 Å². The maximum absolute atomic E-state index is 6.12. The Labute approximate surface area is 124 Å². The highest BCUT2D eigenvalue weighted by atomic mass is 35.5. The summed E-state index contributed by atoms with van der Waals surface area (Å²) in [5.74, 6) is 2.08. The van der Waals surface area contributed by atoms with Crippen molar-refractivity contribution in [2.75, 3.05) is 13.2 Å². The lowest BCUT2D eigenvalue weighted by molar-refractivity contribution is 0.0516. The molecule has 0 N–H and O–H groups in total. The Kier molecular flexibility index (Phi) is 3.99. The van der Waals surface area contributed by atoms with Crippen molar-refractivity contribution in [1.29, 1.82) is 0 Å². The number of ether oxygens (including phenoxy) is 1. The molecule has 1 aliphatic heterocycles. The second kappa shape index (κ2) is 5.74. The molecule has 2 aromatic rings. The van der Waals surface area contributed by atoms with E-state index in [-0.39, 0.29) is 0 Å². The van der Waals surface area contributed by atoms with Gasteiger partial charge in [-0.05, 0) is 50.3 Å². The first-order valence-corrected chi connectivity index (χ1v) is 7.85. The maximum atomic E-state index is 6.12. The van der Waals surface area contributed by atoms with E-state index in [1.54, 1.807) is 0 Å². The third-order valence-corrected chi connectivity index (χ3v) is 4.63. The molecule has 0 spiro atoms. The summed E-state index contributed by atoms with van der Waals surface area (Å²) in [6.45, 7) is 6.15. The number of nitrogens with zero attached hydrogens (tertiary/aromatic N) is 2. The highest BCUT2D eigenvalue weighted by molar-refractivity contribution is 6.16. The SMILES string of the molecule is Cc1ccc2nc(CCl)n(C(C)C3CCOCC3)c2c1. The molecule has 0 amide bonds. The standard InChI is InChI=1S/C16H21ClN2O/c1-11-3-4-14-15(9-11)19(16(10-17)18-14)12(2)13-5-7-20-8-6-13/h3-4,9,12-13H,5-8,10H2,1-2H3. The summed E-state index contributed by atoms with van der Waals surface area (Å²) in [4.78, 5) is 4.69. The molecule has 4 heteroatoms. The molecule has 1 unspecified atom stereocenters. The van der Waals surface area contributed by atoms with Crippen molar-refractivity contribution in [2.45, 2.75) is 38.6 Å². The van der Waals surface area contributed by atoms with E-state index in [9.17, 15) is 0 Å².